The Hall–Kier alpha value is -1.81. The number of nitrogens with zero attached hydrogens (tertiary/aromatic N) is 2. The van der Waals surface area contributed by atoms with E-state index in [0.717, 1.165) is 45.6 Å². The summed E-state index contributed by atoms with van der Waals surface area (Å²) < 4.78 is 5.99. The number of allylic oxidation sites excluding steroid dienone is 2. The molecule has 4 heteroatoms. The molecule has 0 N–H and O–H groups in total. The average molecular weight is 423 g/mol. The van der Waals surface area contributed by atoms with Gasteiger partial charge in [0.2, 0.25) is 0 Å². The van der Waals surface area contributed by atoms with Crippen molar-refractivity contribution in [3.05, 3.63) is 40.5 Å². The summed E-state index contributed by atoms with van der Waals surface area (Å²) in [5, 5.41) is 0. The zero-order valence-electron chi connectivity index (χ0n) is 19.7. The summed E-state index contributed by atoms with van der Waals surface area (Å²) in [6.07, 6.45) is 6.02. The minimum absolute atomic E-state index is 0.0454. The summed E-state index contributed by atoms with van der Waals surface area (Å²) >= 11 is 0. The van der Waals surface area contributed by atoms with Gasteiger partial charge in [-0.25, -0.2) is 0 Å². The van der Waals surface area contributed by atoms with Gasteiger partial charge in [-0.15, -0.1) is 0 Å². The zero-order chi connectivity index (χ0) is 21.8. The molecule has 0 radical (unpaired) electrons. The molecular formula is C27H38N2O2. The molecule has 31 heavy (non-hydrogen) atoms. The molecule has 4 nitrogen and oxygen atoms in total. The number of piperazine rings is 1. The maximum absolute atomic E-state index is 12.9. The van der Waals surface area contributed by atoms with Crippen molar-refractivity contribution in [2.75, 3.05) is 37.6 Å². The van der Waals surface area contributed by atoms with Gasteiger partial charge in [-0.1, -0.05) is 30.2 Å². The van der Waals surface area contributed by atoms with Gasteiger partial charge >= 0.3 is 5.97 Å². The van der Waals surface area contributed by atoms with E-state index in [1.54, 1.807) is 11.1 Å². The smallest absolute Gasteiger partial charge is 0.310 e. The van der Waals surface area contributed by atoms with E-state index in [1.807, 2.05) is 0 Å². The molecule has 168 valence electrons. The first kappa shape index (κ1) is 21.1. The Morgan fingerprint density at radius 3 is 2.68 bits per heavy atom. The Morgan fingerprint density at radius 1 is 1.13 bits per heavy atom. The van der Waals surface area contributed by atoms with Crippen molar-refractivity contribution in [3.8, 4) is 0 Å². The van der Waals surface area contributed by atoms with E-state index in [2.05, 4.69) is 55.7 Å². The topological polar surface area (TPSA) is 32.8 Å². The molecule has 2 aliphatic heterocycles. The van der Waals surface area contributed by atoms with Crippen LogP contribution in [0, 0.1) is 31.1 Å². The Balaban J connectivity index is 1.25. The van der Waals surface area contributed by atoms with E-state index in [0.29, 0.717) is 5.92 Å². The first-order chi connectivity index (χ1) is 14.9. The minimum Gasteiger partial charge on any atom is -0.462 e. The fourth-order valence-electron chi connectivity index (χ4n) is 6.85. The molecule has 2 heterocycles. The molecule has 0 spiro atoms. The van der Waals surface area contributed by atoms with E-state index >= 15 is 0 Å². The fraction of sp³-hybridized carbons (Fsp3) is 0.667. The summed E-state index contributed by atoms with van der Waals surface area (Å²) in [4.78, 5) is 17.9. The Bertz CT molecular complexity index is 898. The van der Waals surface area contributed by atoms with Crippen molar-refractivity contribution in [2.45, 2.75) is 65.9 Å². The summed E-state index contributed by atoms with van der Waals surface area (Å²) in [7, 11) is 0. The molecule has 0 aromatic heterocycles. The van der Waals surface area contributed by atoms with E-state index < -0.39 is 0 Å². The number of anilines is 1. The van der Waals surface area contributed by atoms with E-state index in [1.165, 1.54) is 36.1 Å². The third kappa shape index (κ3) is 3.71. The fourth-order valence-corrected chi connectivity index (χ4v) is 6.85. The number of fused-ring (bicyclic) bond motifs is 2. The number of hydrogen-bond donors (Lipinski definition) is 0. The summed E-state index contributed by atoms with van der Waals surface area (Å²) in [6, 6.07) is 6.60. The number of carbonyl (C=O) groups excluding carboxylic acids is 1. The first-order valence-corrected chi connectivity index (χ1v) is 12.3. The Kier molecular flexibility index (Phi) is 5.40. The highest BCUT2D eigenvalue weighted by molar-refractivity contribution is 5.76. The molecular weight excluding hydrogens is 384 g/mol. The number of hydrogen-bond acceptors (Lipinski definition) is 4. The number of ether oxygens (including phenoxy) is 1. The lowest BCUT2D eigenvalue weighted by atomic mass is 9.59. The van der Waals surface area contributed by atoms with Gasteiger partial charge in [0.25, 0.3) is 0 Å². The summed E-state index contributed by atoms with van der Waals surface area (Å²) in [5.74, 6) is 0.483. The number of carbonyl (C=O) groups is 1. The number of aryl methyl sites for hydroxylation is 1. The van der Waals surface area contributed by atoms with Crippen molar-refractivity contribution < 1.29 is 9.53 Å². The second-order valence-electron chi connectivity index (χ2n) is 10.8. The highest BCUT2D eigenvalue weighted by Gasteiger charge is 2.53. The van der Waals surface area contributed by atoms with Crippen LogP contribution in [0.4, 0.5) is 5.69 Å². The lowest BCUT2D eigenvalue weighted by Gasteiger charge is -2.46. The van der Waals surface area contributed by atoms with Crippen LogP contribution in [-0.4, -0.2) is 49.7 Å². The van der Waals surface area contributed by atoms with Crippen molar-refractivity contribution in [3.63, 3.8) is 0 Å². The van der Waals surface area contributed by atoms with Crippen LogP contribution in [0.3, 0.4) is 0 Å². The normalized spacial score (nSPS) is 33.9. The van der Waals surface area contributed by atoms with Crippen molar-refractivity contribution in [2.24, 2.45) is 17.3 Å². The van der Waals surface area contributed by atoms with Crippen LogP contribution in [0.15, 0.2) is 29.3 Å². The highest BCUT2D eigenvalue weighted by atomic mass is 16.6. The number of benzene rings is 1. The van der Waals surface area contributed by atoms with Crippen LogP contribution in [0.25, 0.3) is 0 Å². The predicted octanol–water partition coefficient (Wildman–Crippen LogP) is 4.88. The lowest BCUT2D eigenvalue weighted by Crippen LogP contribution is -2.49. The molecule has 1 aromatic carbocycles. The Morgan fingerprint density at radius 2 is 1.90 bits per heavy atom. The molecule has 3 fully saturated rings. The third-order valence-electron chi connectivity index (χ3n) is 8.92. The summed E-state index contributed by atoms with van der Waals surface area (Å²) in [5.41, 5.74) is 7.62. The van der Waals surface area contributed by atoms with E-state index in [9.17, 15) is 4.79 Å². The monoisotopic (exact) mass is 422 g/mol. The molecule has 2 saturated heterocycles. The van der Waals surface area contributed by atoms with Gasteiger partial charge in [-0.2, -0.15) is 0 Å². The largest absolute Gasteiger partial charge is 0.462 e. The van der Waals surface area contributed by atoms with Gasteiger partial charge < -0.3 is 9.64 Å². The maximum atomic E-state index is 12.9. The quantitative estimate of drug-likeness (QED) is 0.513. The highest BCUT2D eigenvalue weighted by Crippen LogP contribution is 2.55. The average Bonchev–Trinajstić information content (AvgIpc) is 3.03. The van der Waals surface area contributed by atoms with Crippen LogP contribution in [0.2, 0.25) is 0 Å². The molecule has 5 rings (SSSR count). The lowest BCUT2D eigenvalue weighted by molar-refractivity contribution is -0.145. The number of rotatable bonds is 3. The molecule has 1 saturated carbocycles. The van der Waals surface area contributed by atoms with Gasteiger partial charge in [0, 0.05) is 44.3 Å². The molecule has 4 atom stereocenters. The third-order valence-corrected chi connectivity index (χ3v) is 8.92. The van der Waals surface area contributed by atoms with E-state index in [4.69, 9.17) is 4.74 Å². The molecule has 0 amide bonds. The van der Waals surface area contributed by atoms with Gasteiger partial charge in [-0.05, 0) is 75.5 Å². The first-order valence-electron chi connectivity index (χ1n) is 12.3. The van der Waals surface area contributed by atoms with Crippen molar-refractivity contribution >= 4 is 11.7 Å². The molecule has 0 bridgehead atoms. The Labute approximate surface area is 187 Å². The molecule has 4 aliphatic rings. The van der Waals surface area contributed by atoms with Gasteiger partial charge in [0.15, 0.2) is 0 Å². The predicted molar refractivity (Wildman–Crippen MR) is 125 cm³/mol. The molecule has 2 aliphatic carbocycles. The van der Waals surface area contributed by atoms with E-state index in [-0.39, 0.29) is 23.4 Å². The minimum atomic E-state index is 0.0454. The second kappa shape index (κ2) is 7.95. The van der Waals surface area contributed by atoms with Gasteiger partial charge in [0.05, 0.1) is 5.92 Å². The van der Waals surface area contributed by atoms with Crippen LogP contribution in [-0.2, 0) is 9.53 Å². The van der Waals surface area contributed by atoms with Gasteiger partial charge in [-0.3, -0.25) is 9.69 Å². The van der Waals surface area contributed by atoms with Crippen molar-refractivity contribution in [1.29, 1.82) is 0 Å². The summed E-state index contributed by atoms with van der Waals surface area (Å²) in [6.45, 7) is 14.1. The van der Waals surface area contributed by atoms with Gasteiger partial charge in [0.1, 0.15) is 6.10 Å². The van der Waals surface area contributed by atoms with Crippen LogP contribution in [0.1, 0.15) is 57.1 Å². The second-order valence-corrected chi connectivity index (χ2v) is 10.8. The van der Waals surface area contributed by atoms with Crippen LogP contribution < -0.4 is 4.90 Å². The molecule has 1 aromatic rings. The van der Waals surface area contributed by atoms with Crippen molar-refractivity contribution in [1.82, 2.24) is 4.90 Å². The zero-order valence-corrected chi connectivity index (χ0v) is 19.7. The van der Waals surface area contributed by atoms with Crippen LogP contribution in [0.5, 0.6) is 0 Å². The SMILES string of the molecule is CC1=C2C[C@@H]3[C@H](CN4CCN(c5cccc(C)c5C)CC4)C(=O)O[C@@H]3C[C@@]2(C)CCC1. The van der Waals surface area contributed by atoms with Crippen LogP contribution >= 0.6 is 0 Å². The number of esters is 1. The standard InChI is InChI=1S/C27H38N2O2/c1-18-7-5-9-24(20(18)3)29-13-11-28(12-14-29)17-22-21-15-23-19(2)8-6-10-27(23,4)16-25(21)31-26(22)30/h5,7,9,21-22,25H,6,8,10-17H2,1-4H3/t21-,22+,25-,27-/m1/s1. The molecule has 0 unspecified atom stereocenters. The maximum Gasteiger partial charge on any atom is 0.310 e.